The van der Waals surface area contributed by atoms with Crippen LogP contribution in [-0.4, -0.2) is 37.2 Å². The Morgan fingerprint density at radius 1 is 1.18 bits per heavy atom. The van der Waals surface area contributed by atoms with Crippen LogP contribution in [0.2, 0.25) is 0 Å². The fourth-order valence-electron chi connectivity index (χ4n) is 2.67. The van der Waals surface area contributed by atoms with Gasteiger partial charge in [0.2, 0.25) is 15.7 Å². The Morgan fingerprint density at radius 2 is 1.91 bits per heavy atom. The number of benzene rings is 2. The lowest BCUT2D eigenvalue weighted by atomic mass is 10.2. The normalized spacial score (nSPS) is 11.8. The zero-order chi connectivity index (χ0) is 24.2. The minimum atomic E-state index is -4.75. The summed E-state index contributed by atoms with van der Waals surface area (Å²) in [4.78, 5) is 29.0. The van der Waals surface area contributed by atoms with Gasteiger partial charge in [0.25, 0.3) is 5.56 Å². The summed E-state index contributed by atoms with van der Waals surface area (Å²) in [6.45, 7) is 0. The van der Waals surface area contributed by atoms with Crippen LogP contribution in [0.3, 0.4) is 0 Å². The number of sulfone groups is 1. The fraction of sp³-hybridized carbons (Fsp3) is 0.150. The van der Waals surface area contributed by atoms with Crippen molar-refractivity contribution < 1.29 is 31.1 Å². The number of carbonyl (C=O) groups excluding carboxylic acids is 1. The molecule has 2 aromatic carbocycles. The molecule has 2 N–H and O–H groups in total. The number of nitrogens with one attached hydrogen (secondary N) is 2. The van der Waals surface area contributed by atoms with Crippen molar-refractivity contribution in [2.75, 3.05) is 18.2 Å². The first kappa shape index (κ1) is 24.3. The Hall–Kier alpha value is -3.32. The predicted molar refractivity (Wildman–Crippen MR) is 114 cm³/mol. The Morgan fingerprint density at radius 3 is 2.58 bits per heavy atom. The highest BCUT2D eigenvalue weighted by Gasteiger charge is 2.32. The van der Waals surface area contributed by atoms with E-state index in [2.05, 4.69) is 15.3 Å². The molecule has 0 radical (unpaired) electrons. The van der Waals surface area contributed by atoms with Crippen molar-refractivity contribution in [1.82, 2.24) is 9.97 Å². The number of aromatic amines is 1. The third kappa shape index (κ3) is 5.73. The van der Waals surface area contributed by atoms with Crippen LogP contribution in [-0.2, 0) is 20.8 Å². The van der Waals surface area contributed by atoms with Crippen molar-refractivity contribution in [2.24, 2.45) is 0 Å². The summed E-state index contributed by atoms with van der Waals surface area (Å²) in [5, 5.41) is 2.59. The summed E-state index contributed by atoms with van der Waals surface area (Å²) in [6.07, 6.45) is -4.00. The van der Waals surface area contributed by atoms with Crippen molar-refractivity contribution in [3.63, 3.8) is 0 Å². The predicted octanol–water partition coefficient (Wildman–Crippen LogP) is 3.36. The van der Waals surface area contributed by atoms with Crippen LogP contribution in [0.1, 0.15) is 5.56 Å². The van der Waals surface area contributed by atoms with E-state index < -0.39 is 42.8 Å². The summed E-state index contributed by atoms with van der Waals surface area (Å²) in [5.41, 5.74) is -1.80. The lowest BCUT2D eigenvalue weighted by Gasteiger charge is -2.10. The molecule has 0 unspecified atom stereocenters. The molecule has 1 aromatic heterocycles. The fourth-order valence-corrected chi connectivity index (χ4v) is 4.58. The number of anilines is 1. The third-order valence-electron chi connectivity index (χ3n) is 4.23. The molecular formula is C20H16F3N3O5S2. The maximum atomic E-state index is 12.9. The number of H-pyrrole nitrogens is 1. The quantitative estimate of drug-likeness (QED) is 0.378. The van der Waals surface area contributed by atoms with Gasteiger partial charge in [-0.2, -0.15) is 13.2 Å². The largest absolute Gasteiger partial charge is 0.495 e. The number of amides is 1. The van der Waals surface area contributed by atoms with Gasteiger partial charge in [0.15, 0.2) is 10.1 Å². The van der Waals surface area contributed by atoms with Gasteiger partial charge in [0, 0.05) is 0 Å². The molecule has 0 spiro atoms. The molecule has 1 amide bonds. The Bertz CT molecular complexity index is 1340. The highest BCUT2D eigenvalue weighted by atomic mass is 32.2. The third-order valence-corrected chi connectivity index (χ3v) is 6.86. The molecule has 0 atom stereocenters. The van der Waals surface area contributed by atoms with E-state index in [0.717, 1.165) is 36.2 Å². The number of halogens is 3. The first-order valence-electron chi connectivity index (χ1n) is 9.09. The van der Waals surface area contributed by atoms with E-state index in [1.807, 2.05) is 0 Å². The van der Waals surface area contributed by atoms with Crippen molar-refractivity contribution in [1.29, 1.82) is 0 Å². The number of hydrogen-bond acceptors (Lipinski definition) is 7. The van der Waals surface area contributed by atoms with Crippen LogP contribution in [0.25, 0.3) is 0 Å². The number of carbonyl (C=O) groups is 1. The monoisotopic (exact) mass is 499 g/mol. The second kappa shape index (κ2) is 9.67. The number of para-hydroxylation sites is 2. The molecule has 0 aliphatic carbocycles. The smallest absolute Gasteiger partial charge is 0.416 e. The van der Waals surface area contributed by atoms with Gasteiger partial charge < -0.3 is 15.0 Å². The molecule has 3 aromatic rings. The van der Waals surface area contributed by atoms with Crippen LogP contribution in [0.4, 0.5) is 18.9 Å². The molecule has 3 rings (SSSR count). The molecule has 174 valence electrons. The summed E-state index contributed by atoms with van der Waals surface area (Å²) in [6, 6.07) is 9.77. The zero-order valence-corrected chi connectivity index (χ0v) is 18.5. The standard InChI is InChI=1S/C20H16F3N3O5S2/c1-31-15-8-3-2-7-14(15)25-17(27)11-32-19-24-10-16(18(28)26-19)33(29,30)13-6-4-5-12(9-13)20(21,22)23/h2-10H,11H2,1H3,(H,25,27)(H,24,26,28). The number of alkyl halides is 3. The van der Waals surface area contributed by atoms with E-state index in [-0.39, 0.29) is 10.9 Å². The van der Waals surface area contributed by atoms with Crippen molar-refractivity contribution in [2.45, 2.75) is 21.1 Å². The number of aromatic nitrogens is 2. The lowest BCUT2D eigenvalue weighted by molar-refractivity contribution is -0.137. The average Bonchev–Trinajstić information content (AvgIpc) is 2.77. The molecule has 1 heterocycles. The van der Waals surface area contributed by atoms with Gasteiger partial charge in [0.1, 0.15) is 5.75 Å². The Balaban J connectivity index is 1.75. The number of hydrogen-bond donors (Lipinski definition) is 2. The molecule has 8 nitrogen and oxygen atoms in total. The van der Waals surface area contributed by atoms with Gasteiger partial charge in [-0.15, -0.1) is 0 Å². The number of methoxy groups -OCH3 is 1. The van der Waals surface area contributed by atoms with Crippen molar-refractivity contribution in [3.05, 3.63) is 70.6 Å². The molecule has 0 aliphatic rings. The molecule has 0 fully saturated rings. The van der Waals surface area contributed by atoms with Gasteiger partial charge in [-0.1, -0.05) is 30.0 Å². The average molecular weight is 499 g/mol. The van der Waals surface area contributed by atoms with Gasteiger partial charge in [0.05, 0.1) is 35.2 Å². The summed E-state index contributed by atoms with van der Waals surface area (Å²) in [5.74, 6) is -0.153. The Kier molecular flexibility index (Phi) is 7.12. The van der Waals surface area contributed by atoms with E-state index in [1.165, 1.54) is 7.11 Å². The first-order valence-corrected chi connectivity index (χ1v) is 11.6. The number of ether oxygens (including phenoxy) is 1. The lowest BCUT2D eigenvalue weighted by Crippen LogP contribution is -2.20. The number of nitrogens with zero attached hydrogens (tertiary/aromatic N) is 1. The second-order valence-corrected chi connectivity index (χ2v) is 9.33. The van der Waals surface area contributed by atoms with E-state index >= 15 is 0 Å². The second-order valence-electron chi connectivity index (χ2n) is 6.45. The maximum absolute atomic E-state index is 12.9. The molecule has 0 saturated heterocycles. The first-order chi connectivity index (χ1) is 15.5. The summed E-state index contributed by atoms with van der Waals surface area (Å²) in [7, 11) is -3.11. The van der Waals surface area contributed by atoms with Crippen molar-refractivity contribution >= 4 is 33.2 Å². The van der Waals surface area contributed by atoms with Crippen LogP contribution < -0.4 is 15.6 Å². The van der Waals surface area contributed by atoms with E-state index in [9.17, 15) is 31.2 Å². The minimum absolute atomic E-state index is 0.0434. The van der Waals surface area contributed by atoms with Gasteiger partial charge in [-0.25, -0.2) is 13.4 Å². The molecule has 13 heteroatoms. The van der Waals surface area contributed by atoms with E-state index in [0.29, 0.717) is 17.5 Å². The SMILES string of the molecule is COc1ccccc1NC(=O)CSc1ncc(S(=O)(=O)c2cccc(C(F)(F)F)c2)c(=O)[nH]1. The van der Waals surface area contributed by atoms with Gasteiger partial charge in [-0.3, -0.25) is 9.59 Å². The maximum Gasteiger partial charge on any atom is 0.416 e. The zero-order valence-electron chi connectivity index (χ0n) is 16.8. The van der Waals surface area contributed by atoms with E-state index in [4.69, 9.17) is 4.74 Å². The van der Waals surface area contributed by atoms with Gasteiger partial charge in [-0.05, 0) is 30.3 Å². The number of rotatable bonds is 7. The van der Waals surface area contributed by atoms with Crippen LogP contribution in [0, 0.1) is 0 Å². The Labute approximate surface area is 190 Å². The summed E-state index contributed by atoms with van der Waals surface area (Å²) < 4.78 is 69.2. The topological polar surface area (TPSA) is 118 Å². The molecule has 33 heavy (non-hydrogen) atoms. The molecule has 0 aliphatic heterocycles. The van der Waals surface area contributed by atoms with Gasteiger partial charge >= 0.3 is 6.18 Å². The molecule has 0 saturated carbocycles. The highest BCUT2D eigenvalue weighted by molar-refractivity contribution is 7.99. The number of thioether (sulfide) groups is 1. The van der Waals surface area contributed by atoms with Crippen LogP contribution >= 0.6 is 11.8 Å². The van der Waals surface area contributed by atoms with Crippen LogP contribution in [0.15, 0.2) is 74.5 Å². The van der Waals surface area contributed by atoms with E-state index in [1.54, 1.807) is 24.3 Å². The van der Waals surface area contributed by atoms with Crippen LogP contribution in [0.5, 0.6) is 5.75 Å². The minimum Gasteiger partial charge on any atom is -0.495 e. The molecular weight excluding hydrogens is 483 g/mol. The highest BCUT2D eigenvalue weighted by Crippen LogP contribution is 2.31. The summed E-state index contributed by atoms with van der Waals surface area (Å²) >= 11 is 0.833. The molecule has 0 bridgehead atoms. The van der Waals surface area contributed by atoms with Crippen molar-refractivity contribution in [3.8, 4) is 5.75 Å².